The van der Waals surface area contributed by atoms with Gasteiger partial charge in [0.2, 0.25) is 0 Å². The maximum Gasteiger partial charge on any atom is 0.261 e. The lowest BCUT2D eigenvalue weighted by atomic mass is 10.2. The third-order valence-electron chi connectivity index (χ3n) is 2.66. The molecule has 8 heteroatoms. The third kappa shape index (κ3) is 3.53. The van der Waals surface area contributed by atoms with Gasteiger partial charge in [-0.3, -0.25) is 4.72 Å². The number of anilines is 1. The van der Waals surface area contributed by atoms with Crippen molar-refractivity contribution in [3.05, 3.63) is 59.4 Å². The minimum atomic E-state index is -4.10. The average molecular weight is 316 g/mol. The first-order valence-electron chi connectivity index (χ1n) is 5.79. The van der Waals surface area contributed by atoms with Gasteiger partial charge < -0.3 is 5.73 Å². The number of hydrogen-bond donors (Lipinski definition) is 2. The van der Waals surface area contributed by atoms with E-state index in [0.717, 1.165) is 30.3 Å². The van der Waals surface area contributed by atoms with Crippen LogP contribution in [0.1, 0.15) is 5.56 Å². The predicted molar refractivity (Wildman–Crippen MR) is 71.5 cm³/mol. The Morgan fingerprint density at radius 1 is 1.00 bits per heavy atom. The van der Waals surface area contributed by atoms with Crippen molar-refractivity contribution in [2.75, 3.05) is 4.72 Å². The number of nitrogens with one attached hydrogen (secondary N) is 1. The van der Waals surface area contributed by atoms with Crippen molar-refractivity contribution in [3.63, 3.8) is 0 Å². The summed E-state index contributed by atoms with van der Waals surface area (Å²) >= 11 is 0. The Hall–Kier alpha value is -2.06. The Balaban J connectivity index is 2.38. The molecule has 0 atom stereocenters. The van der Waals surface area contributed by atoms with Gasteiger partial charge in [0.15, 0.2) is 0 Å². The van der Waals surface area contributed by atoms with Gasteiger partial charge in [-0.15, -0.1) is 0 Å². The van der Waals surface area contributed by atoms with Crippen LogP contribution in [0.25, 0.3) is 0 Å². The summed E-state index contributed by atoms with van der Waals surface area (Å²) in [4.78, 5) is -0.256. The predicted octanol–water partition coefficient (Wildman–Crippen LogP) is 2.36. The highest BCUT2D eigenvalue weighted by molar-refractivity contribution is 7.92. The first-order valence-corrected chi connectivity index (χ1v) is 7.27. The summed E-state index contributed by atoms with van der Waals surface area (Å²) in [6.45, 7) is -0.177. The molecule has 0 saturated carbocycles. The summed E-state index contributed by atoms with van der Waals surface area (Å²) in [5.74, 6) is -2.47. The van der Waals surface area contributed by atoms with Gasteiger partial charge in [-0.1, -0.05) is 0 Å². The highest BCUT2D eigenvalue weighted by Gasteiger charge is 2.17. The Labute approximate surface area is 119 Å². The molecule has 0 radical (unpaired) electrons. The van der Waals surface area contributed by atoms with Crippen LogP contribution in [0.5, 0.6) is 0 Å². The van der Waals surface area contributed by atoms with Crippen LogP contribution in [0.3, 0.4) is 0 Å². The molecule has 0 heterocycles. The molecule has 2 aromatic carbocycles. The molecular weight excluding hydrogens is 305 g/mol. The summed E-state index contributed by atoms with van der Waals surface area (Å²) < 4.78 is 65.6. The van der Waals surface area contributed by atoms with Crippen molar-refractivity contribution >= 4 is 15.7 Å². The highest BCUT2D eigenvalue weighted by atomic mass is 32.2. The largest absolute Gasteiger partial charge is 0.326 e. The number of nitrogens with two attached hydrogens (primary N) is 1. The average Bonchev–Trinajstić information content (AvgIpc) is 2.37. The van der Waals surface area contributed by atoms with E-state index in [0.29, 0.717) is 6.07 Å². The summed E-state index contributed by atoms with van der Waals surface area (Å²) in [6, 6.07) is 5.33. The molecule has 0 fully saturated rings. The molecule has 0 bridgehead atoms. The van der Waals surface area contributed by atoms with Gasteiger partial charge in [-0.25, -0.2) is 21.6 Å². The highest BCUT2D eigenvalue weighted by Crippen LogP contribution is 2.20. The van der Waals surface area contributed by atoms with E-state index in [1.807, 2.05) is 4.72 Å². The van der Waals surface area contributed by atoms with E-state index >= 15 is 0 Å². The molecule has 0 unspecified atom stereocenters. The van der Waals surface area contributed by atoms with E-state index in [-0.39, 0.29) is 22.7 Å². The molecule has 0 aromatic heterocycles. The first-order chi connectivity index (χ1) is 9.81. The Morgan fingerprint density at radius 2 is 1.62 bits per heavy atom. The normalized spacial score (nSPS) is 11.4. The number of hydrogen-bond acceptors (Lipinski definition) is 3. The smallest absolute Gasteiger partial charge is 0.261 e. The standard InChI is InChI=1S/C13H11F3N2O2S/c14-9-4-10(15)6-11(5-9)18-21(19,20)12-1-2-13(16)8(3-12)7-17/h1-6,18H,7,17H2. The summed E-state index contributed by atoms with van der Waals surface area (Å²) in [6.07, 6.45) is 0. The molecule has 21 heavy (non-hydrogen) atoms. The molecule has 2 rings (SSSR count). The lowest BCUT2D eigenvalue weighted by Gasteiger charge is -2.10. The first kappa shape index (κ1) is 15.3. The Morgan fingerprint density at radius 3 is 2.19 bits per heavy atom. The minimum absolute atomic E-state index is 0.0169. The van der Waals surface area contributed by atoms with Crippen molar-refractivity contribution in [3.8, 4) is 0 Å². The fraction of sp³-hybridized carbons (Fsp3) is 0.0769. The van der Waals surface area contributed by atoms with Crippen molar-refractivity contribution < 1.29 is 21.6 Å². The van der Waals surface area contributed by atoms with E-state index in [2.05, 4.69) is 0 Å². The van der Waals surface area contributed by atoms with E-state index in [9.17, 15) is 21.6 Å². The molecule has 0 spiro atoms. The maximum absolute atomic E-state index is 13.3. The fourth-order valence-corrected chi connectivity index (χ4v) is 2.79. The van der Waals surface area contributed by atoms with Crippen molar-refractivity contribution in [2.45, 2.75) is 11.4 Å². The number of benzene rings is 2. The zero-order chi connectivity index (χ0) is 15.6. The van der Waals surface area contributed by atoms with Crippen LogP contribution < -0.4 is 10.5 Å². The quantitative estimate of drug-likeness (QED) is 0.909. The topological polar surface area (TPSA) is 72.2 Å². The second-order valence-corrected chi connectivity index (χ2v) is 5.90. The van der Waals surface area contributed by atoms with Gasteiger partial charge in [-0.05, 0) is 30.3 Å². The zero-order valence-corrected chi connectivity index (χ0v) is 11.4. The zero-order valence-electron chi connectivity index (χ0n) is 10.6. The van der Waals surface area contributed by atoms with Gasteiger partial charge in [0, 0.05) is 18.2 Å². The number of halogens is 3. The molecule has 0 aliphatic rings. The molecule has 0 amide bonds. The van der Waals surface area contributed by atoms with Crippen LogP contribution in [0.4, 0.5) is 18.9 Å². The maximum atomic E-state index is 13.3. The summed E-state index contributed by atoms with van der Waals surface area (Å²) in [5, 5.41) is 0. The molecule has 0 saturated heterocycles. The van der Waals surface area contributed by atoms with Crippen LogP contribution in [0.15, 0.2) is 41.3 Å². The molecule has 2 aromatic rings. The molecule has 0 aliphatic heterocycles. The minimum Gasteiger partial charge on any atom is -0.326 e. The SMILES string of the molecule is NCc1cc(S(=O)(=O)Nc2cc(F)cc(F)c2)ccc1F. The van der Waals surface area contributed by atoms with E-state index in [1.165, 1.54) is 0 Å². The van der Waals surface area contributed by atoms with E-state index < -0.39 is 27.5 Å². The van der Waals surface area contributed by atoms with Gasteiger partial charge >= 0.3 is 0 Å². The fourth-order valence-electron chi connectivity index (χ4n) is 1.70. The Kier molecular flexibility index (Phi) is 4.19. The lowest BCUT2D eigenvalue weighted by Crippen LogP contribution is -2.14. The number of sulfonamides is 1. The monoisotopic (exact) mass is 316 g/mol. The van der Waals surface area contributed by atoms with Crippen LogP contribution in [0, 0.1) is 17.5 Å². The van der Waals surface area contributed by atoms with Gasteiger partial charge in [0.05, 0.1) is 10.6 Å². The molecule has 0 aliphatic carbocycles. The van der Waals surface area contributed by atoms with Gasteiger partial charge in [0.25, 0.3) is 10.0 Å². The molecular formula is C13H11F3N2O2S. The lowest BCUT2D eigenvalue weighted by molar-refractivity contribution is 0.584. The van der Waals surface area contributed by atoms with Crippen molar-refractivity contribution in [1.82, 2.24) is 0 Å². The van der Waals surface area contributed by atoms with Crippen LogP contribution in [-0.2, 0) is 16.6 Å². The van der Waals surface area contributed by atoms with Gasteiger partial charge in [-0.2, -0.15) is 0 Å². The van der Waals surface area contributed by atoms with Gasteiger partial charge in [0.1, 0.15) is 17.5 Å². The summed E-state index contributed by atoms with van der Waals surface area (Å²) in [7, 11) is -4.10. The second kappa shape index (κ2) is 5.74. The van der Waals surface area contributed by atoms with E-state index in [1.54, 1.807) is 0 Å². The van der Waals surface area contributed by atoms with Crippen molar-refractivity contribution in [1.29, 1.82) is 0 Å². The third-order valence-corrected chi connectivity index (χ3v) is 4.04. The van der Waals surface area contributed by atoms with Crippen LogP contribution in [-0.4, -0.2) is 8.42 Å². The summed E-state index contributed by atoms with van der Waals surface area (Å²) in [5.41, 5.74) is 5.05. The van der Waals surface area contributed by atoms with E-state index in [4.69, 9.17) is 5.73 Å². The molecule has 112 valence electrons. The Bertz CT molecular complexity index is 759. The molecule has 4 nitrogen and oxygen atoms in total. The number of rotatable bonds is 4. The van der Waals surface area contributed by atoms with Crippen LogP contribution >= 0.6 is 0 Å². The van der Waals surface area contributed by atoms with Crippen LogP contribution in [0.2, 0.25) is 0 Å². The molecule has 3 N–H and O–H groups in total. The van der Waals surface area contributed by atoms with Crippen molar-refractivity contribution in [2.24, 2.45) is 5.73 Å². The second-order valence-electron chi connectivity index (χ2n) is 4.22.